The summed E-state index contributed by atoms with van der Waals surface area (Å²) in [4.78, 5) is 22.3. The molecule has 0 spiro atoms. The van der Waals surface area contributed by atoms with Crippen LogP contribution in [0.1, 0.15) is 33.6 Å². The van der Waals surface area contributed by atoms with Crippen LogP contribution in [0, 0.1) is 0 Å². The molecule has 0 rings (SSSR count). The third-order valence-corrected chi connectivity index (χ3v) is 2.51. The van der Waals surface area contributed by atoms with Crippen molar-refractivity contribution in [1.29, 1.82) is 0 Å². The second-order valence-electron chi connectivity index (χ2n) is 5.34. The van der Waals surface area contributed by atoms with Gasteiger partial charge in [-0.05, 0) is 27.2 Å². The van der Waals surface area contributed by atoms with Crippen molar-refractivity contribution in [2.24, 2.45) is 5.73 Å². The van der Waals surface area contributed by atoms with Gasteiger partial charge in [0.1, 0.15) is 5.60 Å². The van der Waals surface area contributed by atoms with Crippen LogP contribution < -0.4 is 11.1 Å². The molecule has 8 nitrogen and oxygen atoms in total. The Bertz CT molecular complexity index is 440. The van der Waals surface area contributed by atoms with Crippen molar-refractivity contribution in [3.05, 3.63) is 0 Å². The predicted octanol–water partition coefficient (Wildman–Crippen LogP) is 0.121. The van der Waals surface area contributed by atoms with Gasteiger partial charge in [-0.2, -0.15) is 8.42 Å². The molecular weight excluding hydrogens is 288 g/mol. The zero-order chi connectivity index (χ0) is 16.0. The summed E-state index contributed by atoms with van der Waals surface area (Å²) in [5, 5.41) is 2.44. The Morgan fingerprint density at radius 1 is 1.30 bits per heavy atom. The van der Waals surface area contributed by atoms with Gasteiger partial charge in [-0.15, -0.1) is 0 Å². The molecule has 0 aromatic rings. The zero-order valence-electron chi connectivity index (χ0n) is 12.1. The zero-order valence-corrected chi connectivity index (χ0v) is 13.0. The number of nitrogens with two attached hydrogens (primary N) is 1. The van der Waals surface area contributed by atoms with Gasteiger partial charge in [0.2, 0.25) is 5.91 Å². The number of rotatable bonds is 7. The normalized spacial score (nSPS) is 13.6. The number of primary amides is 1. The Hall–Kier alpha value is -1.35. The summed E-state index contributed by atoms with van der Waals surface area (Å²) in [5.74, 6) is -0.555. The second kappa shape index (κ2) is 7.44. The summed E-state index contributed by atoms with van der Waals surface area (Å²) in [5.41, 5.74) is 4.33. The van der Waals surface area contributed by atoms with E-state index < -0.39 is 33.8 Å². The quantitative estimate of drug-likeness (QED) is 0.643. The van der Waals surface area contributed by atoms with E-state index in [4.69, 9.17) is 10.5 Å². The molecule has 0 heterocycles. The molecule has 0 saturated heterocycles. The van der Waals surface area contributed by atoms with Crippen molar-refractivity contribution in [1.82, 2.24) is 5.32 Å². The summed E-state index contributed by atoms with van der Waals surface area (Å²) < 4.78 is 31.5. The summed E-state index contributed by atoms with van der Waals surface area (Å²) in [7, 11) is -3.64. The molecule has 1 atom stereocenters. The molecule has 0 aliphatic rings. The number of hydrogen-bond donors (Lipinski definition) is 2. The van der Waals surface area contributed by atoms with Crippen molar-refractivity contribution in [2.45, 2.75) is 45.3 Å². The topological polar surface area (TPSA) is 125 Å². The molecule has 0 bridgehead atoms. The average Bonchev–Trinajstić information content (AvgIpc) is 2.17. The highest BCUT2D eigenvalue weighted by Gasteiger charge is 2.21. The highest BCUT2D eigenvalue weighted by Crippen LogP contribution is 2.08. The lowest BCUT2D eigenvalue weighted by molar-refractivity contribution is -0.118. The van der Waals surface area contributed by atoms with Crippen LogP contribution in [0.3, 0.4) is 0 Å². The monoisotopic (exact) mass is 310 g/mol. The number of carbonyl (C=O) groups excluding carboxylic acids is 2. The Labute approximate surface area is 119 Å². The van der Waals surface area contributed by atoms with Crippen LogP contribution in [-0.4, -0.2) is 44.9 Å². The van der Waals surface area contributed by atoms with Gasteiger partial charge in [-0.1, -0.05) is 0 Å². The molecule has 0 aliphatic heterocycles. The Morgan fingerprint density at radius 2 is 1.85 bits per heavy atom. The molecule has 0 unspecified atom stereocenters. The van der Waals surface area contributed by atoms with Gasteiger partial charge >= 0.3 is 6.09 Å². The van der Waals surface area contributed by atoms with Gasteiger partial charge in [0.15, 0.2) is 0 Å². The van der Waals surface area contributed by atoms with E-state index >= 15 is 0 Å². The summed E-state index contributed by atoms with van der Waals surface area (Å²) in [6.45, 7) is 4.79. The number of nitrogens with one attached hydrogen (secondary N) is 1. The minimum atomic E-state index is -3.64. The molecule has 0 fully saturated rings. The van der Waals surface area contributed by atoms with Crippen LogP contribution in [0.2, 0.25) is 0 Å². The molecule has 2 amide bonds. The summed E-state index contributed by atoms with van der Waals surface area (Å²) in [6, 6.07) is -0.688. The summed E-state index contributed by atoms with van der Waals surface area (Å²) >= 11 is 0. The van der Waals surface area contributed by atoms with E-state index in [1.165, 1.54) is 0 Å². The molecule has 118 valence electrons. The van der Waals surface area contributed by atoms with Crippen LogP contribution >= 0.6 is 0 Å². The summed E-state index contributed by atoms with van der Waals surface area (Å²) in [6.07, 6.45) is 0.326. The highest BCUT2D eigenvalue weighted by atomic mass is 32.2. The first-order valence-corrected chi connectivity index (χ1v) is 7.83. The molecule has 0 radical (unpaired) electrons. The molecule has 0 aliphatic carbocycles. The molecule has 20 heavy (non-hydrogen) atoms. The molecule has 0 saturated carbocycles. The lowest BCUT2D eigenvalue weighted by Gasteiger charge is -2.23. The van der Waals surface area contributed by atoms with Gasteiger partial charge in [0.05, 0.1) is 18.9 Å². The maximum absolute atomic E-state index is 11.6. The van der Waals surface area contributed by atoms with Crippen LogP contribution in [0.15, 0.2) is 0 Å². The lowest BCUT2D eigenvalue weighted by atomic mass is 10.1. The number of ether oxygens (including phenoxy) is 1. The second-order valence-corrected chi connectivity index (χ2v) is 6.98. The van der Waals surface area contributed by atoms with Gasteiger partial charge in [0, 0.05) is 6.42 Å². The van der Waals surface area contributed by atoms with Gasteiger partial charge in [-0.25, -0.2) is 4.79 Å². The van der Waals surface area contributed by atoms with E-state index in [1.54, 1.807) is 20.8 Å². The first-order valence-electron chi connectivity index (χ1n) is 6.01. The first-order chi connectivity index (χ1) is 8.89. The molecule has 9 heteroatoms. The van der Waals surface area contributed by atoms with Crippen LogP contribution in [0.5, 0.6) is 0 Å². The number of hydrogen-bond acceptors (Lipinski definition) is 6. The number of carbonyl (C=O) groups is 2. The van der Waals surface area contributed by atoms with E-state index in [2.05, 4.69) is 9.50 Å². The van der Waals surface area contributed by atoms with Crippen molar-refractivity contribution >= 4 is 22.1 Å². The predicted molar refractivity (Wildman–Crippen MR) is 72.4 cm³/mol. The highest BCUT2D eigenvalue weighted by molar-refractivity contribution is 7.85. The largest absolute Gasteiger partial charge is 0.444 e. The van der Waals surface area contributed by atoms with Crippen LogP contribution in [-0.2, 0) is 23.8 Å². The van der Waals surface area contributed by atoms with Crippen molar-refractivity contribution in [2.75, 3.05) is 12.9 Å². The minimum absolute atomic E-state index is 0.00636. The maximum Gasteiger partial charge on any atom is 0.407 e. The van der Waals surface area contributed by atoms with Crippen molar-refractivity contribution in [3.63, 3.8) is 0 Å². The Morgan fingerprint density at radius 3 is 2.25 bits per heavy atom. The lowest BCUT2D eigenvalue weighted by Crippen LogP contribution is -2.42. The van der Waals surface area contributed by atoms with Gasteiger partial charge in [-0.3, -0.25) is 8.98 Å². The fraction of sp³-hybridized carbons (Fsp3) is 0.818. The molecule has 3 N–H and O–H groups in total. The number of alkyl carbamates (subject to hydrolysis) is 1. The van der Waals surface area contributed by atoms with Crippen molar-refractivity contribution in [3.8, 4) is 0 Å². The molecule has 0 aromatic heterocycles. The molecular formula is C11H22N2O6S. The van der Waals surface area contributed by atoms with Crippen LogP contribution in [0.4, 0.5) is 4.79 Å². The maximum atomic E-state index is 11.6. The van der Waals surface area contributed by atoms with E-state index in [1.807, 2.05) is 0 Å². The van der Waals surface area contributed by atoms with Crippen molar-refractivity contribution < 1.29 is 26.9 Å². The SMILES string of the molecule is CC(C)(C)OC(=O)N[C@H](CCC(N)=O)COS(C)(=O)=O. The van der Waals surface area contributed by atoms with E-state index in [0.29, 0.717) is 0 Å². The minimum Gasteiger partial charge on any atom is -0.444 e. The van der Waals surface area contributed by atoms with E-state index in [9.17, 15) is 18.0 Å². The van der Waals surface area contributed by atoms with Gasteiger partial charge < -0.3 is 15.8 Å². The third kappa shape index (κ3) is 11.7. The number of amides is 2. The first kappa shape index (κ1) is 18.7. The van der Waals surface area contributed by atoms with E-state index in [0.717, 1.165) is 6.26 Å². The Balaban J connectivity index is 4.51. The molecule has 0 aromatic carbocycles. The average molecular weight is 310 g/mol. The van der Waals surface area contributed by atoms with Gasteiger partial charge in [0.25, 0.3) is 10.1 Å². The Kier molecular flexibility index (Phi) is 6.94. The van der Waals surface area contributed by atoms with Crippen LogP contribution in [0.25, 0.3) is 0 Å². The third-order valence-electron chi connectivity index (χ3n) is 1.94. The smallest absolute Gasteiger partial charge is 0.407 e. The fourth-order valence-electron chi connectivity index (χ4n) is 1.19. The van der Waals surface area contributed by atoms with E-state index in [-0.39, 0.29) is 19.4 Å². The fourth-order valence-corrected chi connectivity index (χ4v) is 1.61. The standard InChI is InChI=1S/C11H22N2O6S/c1-11(2,3)19-10(15)13-8(5-6-9(12)14)7-18-20(4,16)17/h8H,5-7H2,1-4H3,(H2,12,14)(H,13,15)/t8-/m1/s1.